The molecule has 0 heterocycles. The van der Waals surface area contributed by atoms with Crippen LogP contribution in [0.25, 0.3) is 0 Å². The van der Waals surface area contributed by atoms with Crippen LogP contribution >= 0.6 is 11.6 Å². The first-order valence-electron chi connectivity index (χ1n) is 7.40. The summed E-state index contributed by atoms with van der Waals surface area (Å²) in [7, 11) is 0. The minimum absolute atomic E-state index is 0.220. The molecule has 0 bridgehead atoms. The minimum atomic E-state index is -0.382. The fourth-order valence-corrected chi connectivity index (χ4v) is 2.27. The fourth-order valence-electron chi connectivity index (χ4n) is 2.09. The molecule has 0 unspecified atom stereocenters. The Kier molecular flexibility index (Phi) is 5.77. The number of carbonyl (C=O) groups is 2. The largest absolute Gasteiger partial charge is 0.383 e. The van der Waals surface area contributed by atoms with Crippen LogP contribution < -0.4 is 10.6 Å². The third-order valence-electron chi connectivity index (χ3n) is 3.13. The summed E-state index contributed by atoms with van der Waals surface area (Å²) in [5, 5.41) is 6.33. The molecule has 0 saturated carbocycles. The van der Waals surface area contributed by atoms with Crippen molar-refractivity contribution in [3.05, 3.63) is 59.1 Å². The zero-order chi connectivity index (χ0) is 16.8. The topological polar surface area (TPSA) is 58.2 Å². The highest BCUT2D eigenvalue weighted by molar-refractivity contribution is 6.33. The van der Waals surface area contributed by atoms with E-state index >= 15 is 0 Å². The average molecular weight is 331 g/mol. The third kappa shape index (κ3) is 5.11. The smallest absolute Gasteiger partial charge is 0.232 e. The van der Waals surface area contributed by atoms with Gasteiger partial charge in [0.25, 0.3) is 0 Å². The van der Waals surface area contributed by atoms with Crippen LogP contribution in [-0.4, -0.2) is 17.7 Å². The molecule has 0 aliphatic rings. The molecule has 120 valence electrons. The number of anilines is 2. The van der Waals surface area contributed by atoms with Gasteiger partial charge in [0.05, 0.1) is 17.1 Å². The van der Waals surface area contributed by atoms with Crippen LogP contribution in [0.15, 0.2) is 48.5 Å². The van der Waals surface area contributed by atoms with Gasteiger partial charge in [-0.2, -0.15) is 0 Å². The van der Waals surface area contributed by atoms with Crippen LogP contribution in [0, 0.1) is 0 Å². The second-order valence-electron chi connectivity index (χ2n) is 5.50. The lowest BCUT2D eigenvalue weighted by molar-refractivity contribution is -0.115. The maximum absolute atomic E-state index is 12.1. The number of para-hydroxylation sites is 1. The number of Topliss-reactive ketones (excluding diaryl/α,β-unsaturated/α-hetero) is 1. The molecule has 0 spiro atoms. The third-order valence-corrected chi connectivity index (χ3v) is 3.46. The number of benzene rings is 2. The van der Waals surface area contributed by atoms with Gasteiger partial charge in [0.1, 0.15) is 0 Å². The van der Waals surface area contributed by atoms with Crippen LogP contribution in [0.3, 0.4) is 0 Å². The van der Waals surface area contributed by atoms with E-state index in [1.807, 2.05) is 26.0 Å². The molecule has 23 heavy (non-hydrogen) atoms. The Bertz CT molecular complexity index is 696. The van der Waals surface area contributed by atoms with Gasteiger partial charge in [-0.05, 0) is 50.2 Å². The van der Waals surface area contributed by atoms with E-state index in [2.05, 4.69) is 10.6 Å². The van der Waals surface area contributed by atoms with Crippen molar-refractivity contribution >= 4 is 34.7 Å². The van der Waals surface area contributed by atoms with Gasteiger partial charge < -0.3 is 10.6 Å². The van der Waals surface area contributed by atoms with E-state index < -0.39 is 0 Å². The highest BCUT2D eigenvalue weighted by Crippen LogP contribution is 2.20. The Balaban J connectivity index is 1.96. The van der Waals surface area contributed by atoms with Crippen LogP contribution in [0.5, 0.6) is 0 Å². The zero-order valence-electron chi connectivity index (χ0n) is 13.1. The molecule has 0 atom stereocenters. The number of hydrogen-bond acceptors (Lipinski definition) is 3. The van der Waals surface area contributed by atoms with E-state index in [4.69, 9.17) is 11.6 Å². The van der Waals surface area contributed by atoms with Crippen LogP contribution in [0.2, 0.25) is 5.02 Å². The number of rotatable bonds is 6. The van der Waals surface area contributed by atoms with Crippen molar-refractivity contribution < 1.29 is 9.59 Å². The highest BCUT2D eigenvalue weighted by atomic mass is 35.5. The molecule has 0 aliphatic carbocycles. The van der Waals surface area contributed by atoms with E-state index in [0.717, 1.165) is 5.69 Å². The van der Waals surface area contributed by atoms with E-state index in [1.165, 1.54) is 0 Å². The summed E-state index contributed by atoms with van der Waals surface area (Å²) >= 11 is 5.97. The summed E-state index contributed by atoms with van der Waals surface area (Å²) in [6, 6.07) is 14.3. The van der Waals surface area contributed by atoms with Crippen molar-refractivity contribution in [2.24, 2.45) is 0 Å². The van der Waals surface area contributed by atoms with Gasteiger partial charge in [0, 0.05) is 17.3 Å². The predicted octanol–water partition coefficient (Wildman–Crippen LogP) is 4.37. The maximum Gasteiger partial charge on any atom is 0.232 e. The quantitative estimate of drug-likeness (QED) is 0.610. The summed E-state index contributed by atoms with van der Waals surface area (Å²) in [5.74, 6) is -0.613. The molecular weight excluding hydrogens is 312 g/mol. The molecule has 2 rings (SSSR count). The normalized spacial score (nSPS) is 10.4. The summed E-state index contributed by atoms with van der Waals surface area (Å²) in [6.07, 6.45) is -0.220. The molecular formula is C18H19ClN2O2. The number of ketones is 1. The second-order valence-corrected chi connectivity index (χ2v) is 5.91. The Hall–Kier alpha value is -2.33. The number of hydrogen-bond donors (Lipinski definition) is 2. The van der Waals surface area contributed by atoms with Crippen molar-refractivity contribution in [3.63, 3.8) is 0 Å². The first kappa shape index (κ1) is 17.0. The van der Waals surface area contributed by atoms with E-state index in [0.29, 0.717) is 22.3 Å². The molecule has 0 radical (unpaired) electrons. The van der Waals surface area contributed by atoms with Crippen LogP contribution in [0.1, 0.15) is 30.6 Å². The number of carbonyl (C=O) groups excluding carboxylic acids is 2. The second kappa shape index (κ2) is 7.79. The zero-order valence-corrected chi connectivity index (χ0v) is 13.9. The Morgan fingerprint density at radius 1 is 1.04 bits per heavy atom. The Morgan fingerprint density at radius 2 is 1.70 bits per heavy atom. The molecule has 2 aromatic carbocycles. The van der Waals surface area contributed by atoms with Gasteiger partial charge in [-0.25, -0.2) is 0 Å². The summed E-state index contributed by atoms with van der Waals surface area (Å²) in [5.41, 5.74) is 1.95. The molecule has 2 N–H and O–H groups in total. The van der Waals surface area contributed by atoms with Gasteiger partial charge in [0.15, 0.2) is 5.78 Å². The van der Waals surface area contributed by atoms with Crippen molar-refractivity contribution in [2.45, 2.75) is 26.3 Å². The lowest BCUT2D eigenvalue weighted by atomic mass is 10.1. The first-order chi connectivity index (χ1) is 11.0. The van der Waals surface area contributed by atoms with Crippen LogP contribution in [-0.2, 0) is 4.79 Å². The summed E-state index contributed by atoms with van der Waals surface area (Å²) < 4.78 is 0. The molecule has 0 aliphatic heterocycles. The van der Waals surface area contributed by atoms with Crippen molar-refractivity contribution in [1.82, 2.24) is 0 Å². The van der Waals surface area contributed by atoms with E-state index in [9.17, 15) is 9.59 Å². The molecule has 0 saturated heterocycles. The molecule has 0 fully saturated rings. The SMILES string of the molecule is CC(C)Nc1ccc(C(=O)CC(=O)Nc2ccccc2Cl)cc1. The number of amides is 1. The molecule has 1 amide bonds. The number of halogens is 1. The van der Waals surface area contributed by atoms with E-state index in [1.54, 1.807) is 36.4 Å². The van der Waals surface area contributed by atoms with Crippen molar-refractivity contribution in [1.29, 1.82) is 0 Å². The number of nitrogens with one attached hydrogen (secondary N) is 2. The van der Waals surface area contributed by atoms with Crippen molar-refractivity contribution in [2.75, 3.05) is 10.6 Å². The summed E-state index contributed by atoms with van der Waals surface area (Å²) in [4.78, 5) is 24.1. The Labute approximate surface area is 140 Å². The Morgan fingerprint density at radius 3 is 2.30 bits per heavy atom. The van der Waals surface area contributed by atoms with Gasteiger partial charge in [-0.1, -0.05) is 23.7 Å². The van der Waals surface area contributed by atoms with Gasteiger partial charge in [-0.15, -0.1) is 0 Å². The van der Waals surface area contributed by atoms with Crippen molar-refractivity contribution in [3.8, 4) is 0 Å². The highest BCUT2D eigenvalue weighted by Gasteiger charge is 2.13. The summed E-state index contributed by atoms with van der Waals surface area (Å²) in [6.45, 7) is 4.08. The first-order valence-corrected chi connectivity index (χ1v) is 7.77. The van der Waals surface area contributed by atoms with Crippen LogP contribution in [0.4, 0.5) is 11.4 Å². The molecule has 2 aromatic rings. The maximum atomic E-state index is 12.1. The van der Waals surface area contributed by atoms with E-state index in [-0.39, 0.29) is 18.1 Å². The minimum Gasteiger partial charge on any atom is -0.383 e. The average Bonchev–Trinajstić information content (AvgIpc) is 2.49. The molecule has 4 nitrogen and oxygen atoms in total. The molecule has 5 heteroatoms. The monoisotopic (exact) mass is 330 g/mol. The predicted molar refractivity (Wildman–Crippen MR) is 94.2 cm³/mol. The lowest BCUT2D eigenvalue weighted by Gasteiger charge is -2.10. The van der Waals surface area contributed by atoms with Gasteiger partial charge >= 0.3 is 0 Å². The van der Waals surface area contributed by atoms with Gasteiger partial charge in [0.2, 0.25) is 5.91 Å². The molecule has 0 aromatic heterocycles. The van der Waals surface area contributed by atoms with Gasteiger partial charge in [-0.3, -0.25) is 9.59 Å². The standard InChI is InChI=1S/C18H19ClN2O2/c1-12(2)20-14-9-7-13(8-10-14)17(22)11-18(23)21-16-6-4-3-5-15(16)19/h3-10,12,20H,11H2,1-2H3,(H,21,23). The lowest BCUT2D eigenvalue weighted by Crippen LogP contribution is -2.17. The fraction of sp³-hybridized carbons (Fsp3) is 0.222.